The van der Waals surface area contributed by atoms with Crippen molar-refractivity contribution in [3.05, 3.63) is 48.3 Å². The van der Waals surface area contributed by atoms with Gasteiger partial charge in [0.15, 0.2) is 9.84 Å². The van der Waals surface area contributed by atoms with Gasteiger partial charge >= 0.3 is 0 Å². The van der Waals surface area contributed by atoms with E-state index in [1.54, 1.807) is 18.2 Å². The van der Waals surface area contributed by atoms with E-state index in [4.69, 9.17) is 8.83 Å². The molecule has 0 aliphatic carbocycles. The molecule has 3 rings (SSSR count). The highest BCUT2D eigenvalue weighted by atomic mass is 32.2. The summed E-state index contributed by atoms with van der Waals surface area (Å²) in [5.41, 5.74) is 0.437. The lowest BCUT2D eigenvalue weighted by atomic mass is 10.2. The van der Waals surface area contributed by atoms with Crippen LogP contribution in [0.2, 0.25) is 0 Å². The van der Waals surface area contributed by atoms with Crippen LogP contribution >= 0.6 is 0 Å². The van der Waals surface area contributed by atoms with Crippen LogP contribution in [-0.4, -0.2) is 37.6 Å². The largest absolute Gasteiger partial charge is 0.472 e. The molecule has 1 aliphatic rings. The average molecular weight is 295 g/mol. The van der Waals surface area contributed by atoms with Crippen molar-refractivity contribution >= 4 is 15.7 Å². The standard InChI is InChI=1S/C13H13NO5S/c15-13(10-3-5-18-8-10)14-6-12(7-14)20(16,17)9-11-2-1-4-19-11/h1-5,8,12H,6-7,9H2. The van der Waals surface area contributed by atoms with E-state index in [-0.39, 0.29) is 24.7 Å². The zero-order chi connectivity index (χ0) is 14.2. The zero-order valence-corrected chi connectivity index (χ0v) is 11.4. The van der Waals surface area contributed by atoms with Crippen molar-refractivity contribution in [2.75, 3.05) is 13.1 Å². The molecule has 20 heavy (non-hydrogen) atoms. The highest BCUT2D eigenvalue weighted by Crippen LogP contribution is 2.22. The van der Waals surface area contributed by atoms with Gasteiger partial charge in [-0.05, 0) is 18.2 Å². The molecule has 1 fully saturated rings. The maximum Gasteiger partial charge on any atom is 0.257 e. The minimum Gasteiger partial charge on any atom is -0.472 e. The quantitative estimate of drug-likeness (QED) is 0.849. The van der Waals surface area contributed by atoms with Crippen LogP contribution in [0, 0.1) is 0 Å². The molecule has 1 aliphatic heterocycles. The number of amides is 1. The molecule has 0 atom stereocenters. The molecular formula is C13H13NO5S. The topological polar surface area (TPSA) is 80.7 Å². The van der Waals surface area contributed by atoms with E-state index in [0.29, 0.717) is 11.3 Å². The number of carbonyl (C=O) groups is 1. The van der Waals surface area contributed by atoms with Gasteiger partial charge in [0, 0.05) is 13.1 Å². The normalized spacial score (nSPS) is 16.1. The zero-order valence-electron chi connectivity index (χ0n) is 10.6. The van der Waals surface area contributed by atoms with Gasteiger partial charge in [-0.1, -0.05) is 0 Å². The Hall–Kier alpha value is -2.02. The number of likely N-dealkylation sites (tertiary alicyclic amines) is 1. The van der Waals surface area contributed by atoms with Gasteiger partial charge in [0.25, 0.3) is 5.91 Å². The van der Waals surface area contributed by atoms with Gasteiger partial charge in [0.2, 0.25) is 0 Å². The summed E-state index contributed by atoms with van der Waals surface area (Å²) in [6.07, 6.45) is 4.21. The number of furan rings is 2. The summed E-state index contributed by atoms with van der Waals surface area (Å²) < 4.78 is 34.1. The summed E-state index contributed by atoms with van der Waals surface area (Å²) in [6, 6.07) is 4.85. The molecule has 0 bridgehead atoms. The second kappa shape index (κ2) is 4.82. The molecule has 0 N–H and O–H groups in total. The second-order valence-electron chi connectivity index (χ2n) is 4.73. The Balaban J connectivity index is 1.61. The average Bonchev–Trinajstić information content (AvgIpc) is 2.96. The van der Waals surface area contributed by atoms with E-state index >= 15 is 0 Å². The maximum absolute atomic E-state index is 12.1. The molecule has 2 aromatic heterocycles. The highest BCUT2D eigenvalue weighted by molar-refractivity contribution is 7.91. The van der Waals surface area contributed by atoms with Crippen LogP contribution in [0.3, 0.4) is 0 Å². The van der Waals surface area contributed by atoms with Gasteiger partial charge in [-0.25, -0.2) is 8.42 Å². The van der Waals surface area contributed by atoms with Crippen LogP contribution in [0.15, 0.2) is 45.8 Å². The molecule has 7 heteroatoms. The third-order valence-corrected chi connectivity index (χ3v) is 5.34. The molecule has 0 spiro atoms. The fourth-order valence-electron chi connectivity index (χ4n) is 2.11. The van der Waals surface area contributed by atoms with Gasteiger partial charge in [0.05, 0.1) is 23.3 Å². The fourth-order valence-corrected chi connectivity index (χ4v) is 3.72. The molecule has 3 heterocycles. The van der Waals surface area contributed by atoms with Crippen molar-refractivity contribution < 1.29 is 22.0 Å². The molecule has 0 saturated carbocycles. The summed E-state index contributed by atoms with van der Waals surface area (Å²) in [7, 11) is -3.29. The smallest absolute Gasteiger partial charge is 0.257 e. The molecule has 1 saturated heterocycles. The first-order chi connectivity index (χ1) is 9.56. The minimum atomic E-state index is -3.29. The van der Waals surface area contributed by atoms with Gasteiger partial charge in [-0.2, -0.15) is 0 Å². The van der Waals surface area contributed by atoms with Crippen molar-refractivity contribution in [3.63, 3.8) is 0 Å². The van der Waals surface area contributed by atoms with E-state index in [9.17, 15) is 13.2 Å². The van der Waals surface area contributed by atoms with Crippen LogP contribution in [0.25, 0.3) is 0 Å². The highest BCUT2D eigenvalue weighted by Gasteiger charge is 2.40. The predicted molar refractivity (Wildman–Crippen MR) is 69.7 cm³/mol. The number of carbonyl (C=O) groups excluding carboxylic acids is 1. The summed E-state index contributed by atoms with van der Waals surface area (Å²) in [5.74, 6) is 0.0890. The number of rotatable bonds is 4. The summed E-state index contributed by atoms with van der Waals surface area (Å²) in [4.78, 5) is 13.4. The Morgan fingerprint density at radius 2 is 2.10 bits per heavy atom. The van der Waals surface area contributed by atoms with Crippen molar-refractivity contribution in [2.45, 2.75) is 11.0 Å². The molecular weight excluding hydrogens is 282 g/mol. The second-order valence-corrected chi connectivity index (χ2v) is 7.01. The Kier molecular flexibility index (Phi) is 3.13. The number of sulfone groups is 1. The first kappa shape index (κ1) is 13.0. The Bertz CT molecular complexity index is 681. The number of hydrogen-bond acceptors (Lipinski definition) is 5. The van der Waals surface area contributed by atoms with Crippen molar-refractivity contribution in [1.29, 1.82) is 0 Å². The van der Waals surface area contributed by atoms with Crippen LogP contribution in [0.1, 0.15) is 16.1 Å². The van der Waals surface area contributed by atoms with E-state index in [0.717, 1.165) is 0 Å². The van der Waals surface area contributed by atoms with Crippen LogP contribution in [-0.2, 0) is 15.6 Å². The van der Waals surface area contributed by atoms with Crippen molar-refractivity contribution in [2.24, 2.45) is 0 Å². The summed E-state index contributed by atoms with van der Waals surface area (Å²) >= 11 is 0. The number of hydrogen-bond donors (Lipinski definition) is 0. The van der Waals surface area contributed by atoms with Gasteiger partial charge in [0.1, 0.15) is 17.8 Å². The van der Waals surface area contributed by atoms with Gasteiger partial charge in [-0.15, -0.1) is 0 Å². The molecule has 106 valence electrons. The molecule has 2 aromatic rings. The Morgan fingerprint density at radius 1 is 1.30 bits per heavy atom. The van der Waals surface area contributed by atoms with E-state index in [1.165, 1.54) is 23.7 Å². The fraction of sp³-hybridized carbons (Fsp3) is 0.308. The Labute approximate surface area is 115 Å². The molecule has 6 nitrogen and oxygen atoms in total. The minimum absolute atomic E-state index is 0.127. The van der Waals surface area contributed by atoms with Crippen LogP contribution in [0.5, 0.6) is 0 Å². The third kappa shape index (κ3) is 2.36. The van der Waals surface area contributed by atoms with Crippen LogP contribution in [0.4, 0.5) is 0 Å². The summed E-state index contributed by atoms with van der Waals surface area (Å²) in [6.45, 7) is 0.431. The lowest BCUT2D eigenvalue weighted by Gasteiger charge is -2.38. The number of nitrogens with zero attached hydrogens (tertiary/aromatic N) is 1. The van der Waals surface area contributed by atoms with E-state index < -0.39 is 15.1 Å². The Morgan fingerprint density at radius 3 is 2.70 bits per heavy atom. The first-order valence-corrected chi connectivity index (χ1v) is 7.83. The lowest BCUT2D eigenvalue weighted by Crippen LogP contribution is -2.57. The maximum atomic E-state index is 12.1. The van der Waals surface area contributed by atoms with Crippen molar-refractivity contribution in [1.82, 2.24) is 4.90 Å². The van der Waals surface area contributed by atoms with E-state index in [2.05, 4.69) is 0 Å². The molecule has 0 aromatic carbocycles. The molecule has 1 amide bonds. The SMILES string of the molecule is O=C(c1ccoc1)N1CC(S(=O)(=O)Cc2ccco2)C1. The lowest BCUT2D eigenvalue weighted by molar-refractivity contribution is 0.0658. The van der Waals surface area contributed by atoms with Crippen LogP contribution < -0.4 is 0 Å². The monoisotopic (exact) mass is 295 g/mol. The van der Waals surface area contributed by atoms with Gasteiger partial charge in [-0.3, -0.25) is 4.79 Å². The molecule has 0 radical (unpaired) electrons. The molecule has 0 unspecified atom stereocenters. The van der Waals surface area contributed by atoms with Gasteiger partial charge < -0.3 is 13.7 Å². The first-order valence-electron chi connectivity index (χ1n) is 6.12. The van der Waals surface area contributed by atoms with Crippen molar-refractivity contribution in [3.8, 4) is 0 Å². The van der Waals surface area contributed by atoms with E-state index in [1.807, 2.05) is 0 Å². The predicted octanol–water partition coefficient (Wildman–Crippen LogP) is 1.31. The summed E-state index contributed by atoms with van der Waals surface area (Å²) in [5, 5.41) is -0.525. The third-order valence-electron chi connectivity index (χ3n) is 3.33.